The van der Waals surface area contributed by atoms with E-state index in [2.05, 4.69) is 9.97 Å². The largest absolute Gasteiger partial charge is 0.404 e. The van der Waals surface area contributed by atoms with E-state index in [0.717, 1.165) is 25.2 Å². The summed E-state index contributed by atoms with van der Waals surface area (Å²) >= 11 is 0. The van der Waals surface area contributed by atoms with Crippen molar-refractivity contribution in [2.24, 2.45) is 5.92 Å². The molecule has 3 aromatic rings. The molecule has 1 aliphatic carbocycles. The Hall–Kier alpha value is -3.04. The highest BCUT2D eigenvalue weighted by molar-refractivity contribution is 7.89. The minimum absolute atomic E-state index is 0.0154. The van der Waals surface area contributed by atoms with Crippen molar-refractivity contribution >= 4 is 20.9 Å². The molecule has 1 saturated carbocycles. The summed E-state index contributed by atoms with van der Waals surface area (Å²) in [4.78, 5) is 7.49. The van der Waals surface area contributed by atoms with Gasteiger partial charge >= 0.3 is 6.18 Å². The minimum atomic E-state index is -4.76. The molecule has 1 fully saturated rings. The number of rotatable bonds is 6. The predicted molar refractivity (Wildman–Crippen MR) is 106 cm³/mol. The monoisotopic (exact) mass is 467 g/mol. The average Bonchev–Trinajstić information content (AvgIpc) is 3.48. The minimum Gasteiger partial charge on any atom is -0.336 e. The van der Waals surface area contributed by atoms with Gasteiger partial charge in [-0.2, -0.15) is 23.2 Å². The van der Waals surface area contributed by atoms with E-state index in [1.807, 2.05) is 6.07 Å². The van der Waals surface area contributed by atoms with E-state index in [9.17, 15) is 31.2 Å². The first-order chi connectivity index (χ1) is 15.0. The van der Waals surface area contributed by atoms with E-state index in [-0.39, 0.29) is 11.4 Å². The number of nitrogens with zero attached hydrogens (tertiary/aromatic N) is 4. The van der Waals surface area contributed by atoms with Crippen LogP contribution in [0.25, 0.3) is 22.4 Å². The molecule has 0 aliphatic heterocycles. The van der Waals surface area contributed by atoms with E-state index in [4.69, 9.17) is 0 Å². The van der Waals surface area contributed by atoms with Gasteiger partial charge in [0.1, 0.15) is 28.5 Å². The highest BCUT2D eigenvalue weighted by Crippen LogP contribution is 2.37. The van der Waals surface area contributed by atoms with Crippen LogP contribution in [-0.2, 0) is 16.6 Å². The SMILES string of the molecule is CC(NS(=O)(=O)c1cnc(-c2c(C#N)c3cc(F)ccc3n2CC2CC2)nc1)C(F)(F)F. The molecule has 1 N–H and O–H groups in total. The van der Waals surface area contributed by atoms with Crippen molar-refractivity contribution in [1.82, 2.24) is 19.3 Å². The fourth-order valence-electron chi connectivity index (χ4n) is 3.37. The molecule has 168 valence electrons. The maximum atomic E-state index is 13.8. The molecular weight excluding hydrogens is 450 g/mol. The lowest BCUT2D eigenvalue weighted by Gasteiger charge is -2.17. The second-order valence-electron chi connectivity index (χ2n) is 7.68. The summed E-state index contributed by atoms with van der Waals surface area (Å²) in [5, 5.41) is 10.1. The first-order valence-electron chi connectivity index (χ1n) is 9.64. The van der Waals surface area contributed by atoms with Gasteiger partial charge in [-0.1, -0.05) is 0 Å². The van der Waals surface area contributed by atoms with Crippen LogP contribution in [-0.4, -0.2) is 35.2 Å². The van der Waals surface area contributed by atoms with Crippen molar-refractivity contribution in [1.29, 1.82) is 5.26 Å². The number of halogens is 4. The van der Waals surface area contributed by atoms with Crippen LogP contribution >= 0.6 is 0 Å². The van der Waals surface area contributed by atoms with Gasteiger partial charge in [0, 0.05) is 11.9 Å². The van der Waals surface area contributed by atoms with Gasteiger partial charge in [0.05, 0.1) is 23.5 Å². The van der Waals surface area contributed by atoms with Crippen molar-refractivity contribution in [2.45, 2.75) is 43.4 Å². The summed E-state index contributed by atoms with van der Waals surface area (Å²) in [5.74, 6) is -0.119. The third-order valence-electron chi connectivity index (χ3n) is 5.25. The summed E-state index contributed by atoms with van der Waals surface area (Å²) in [6.45, 7) is 1.23. The molecule has 12 heteroatoms. The topological polar surface area (TPSA) is 101 Å². The number of nitrogens with one attached hydrogen (secondary N) is 1. The van der Waals surface area contributed by atoms with Gasteiger partial charge in [0.2, 0.25) is 10.0 Å². The van der Waals surface area contributed by atoms with Gasteiger partial charge in [0.25, 0.3) is 0 Å². The Labute approximate surface area is 180 Å². The predicted octanol–water partition coefficient (Wildman–Crippen LogP) is 3.75. The summed E-state index contributed by atoms with van der Waals surface area (Å²) < 4.78 is 79.9. The highest BCUT2D eigenvalue weighted by atomic mass is 32.2. The molecule has 7 nitrogen and oxygen atoms in total. The summed E-state index contributed by atoms with van der Waals surface area (Å²) in [6.07, 6.45) is -0.982. The number of nitriles is 1. The normalized spacial score (nSPS) is 15.6. The Morgan fingerprint density at radius 3 is 2.50 bits per heavy atom. The Balaban J connectivity index is 1.77. The van der Waals surface area contributed by atoms with Gasteiger partial charge in [-0.15, -0.1) is 0 Å². The van der Waals surface area contributed by atoms with Crippen LogP contribution < -0.4 is 4.72 Å². The Morgan fingerprint density at radius 1 is 1.28 bits per heavy atom. The highest BCUT2D eigenvalue weighted by Gasteiger charge is 2.39. The number of aromatic nitrogens is 3. The Bertz CT molecular complexity index is 1320. The second-order valence-corrected chi connectivity index (χ2v) is 9.39. The van der Waals surface area contributed by atoms with E-state index in [1.165, 1.54) is 16.9 Å². The van der Waals surface area contributed by atoms with E-state index < -0.39 is 33.0 Å². The van der Waals surface area contributed by atoms with Crippen LogP contribution in [0.2, 0.25) is 0 Å². The van der Waals surface area contributed by atoms with Crippen LogP contribution in [0.15, 0.2) is 35.5 Å². The Kier molecular flexibility index (Phi) is 5.42. The van der Waals surface area contributed by atoms with Crippen molar-refractivity contribution in [3.63, 3.8) is 0 Å². The molecule has 0 amide bonds. The van der Waals surface area contributed by atoms with Crippen LogP contribution in [0, 0.1) is 23.1 Å². The van der Waals surface area contributed by atoms with Crippen molar-refractivity contribution in [3.8, 4) is 17.6 Å². The summed E-state index contributed by atoms with van der Waals surface area (Å²) in [5.41, 5.74) is 1.06. The van der Waals surface area contributed by atoms with E-state index in [1.54, 1.807) is 10.6 Å². The smallest absolute Gasteiger partial charge is 0.336 e. The van der Waals surface area contributed by atoms with E-state index >= 15 is 0 Å². The number of fused-ring (bicyclic) bond motifs is 1. The van der Waals surface area contributed by atoms with Crippen LogP contribution in [0.3, 0.4) is 0 Å². The molecular formula is C20H17F4N5O2S. The molecule has 0 radical (unpaired) electrons. The van der Waals surface area contributed by atoms with Crippen LogP contribution in [0.4, 0.5) is 17.6 Å². The molecule has 4 rings (SSSR count). The first kappa shape index (κ1) is 22.2. The Morgan fingerprint density at radius 2 is 1.94 bits per heavy atom. The molecule has 1 unspecified atom stereocenters. The lowest BCUT2D eigenvalue weighted by Crippen LogP contribution is -2.43. The standard InChI is InChI=1S/C20H17F4N5O2S/c1-11(20(22,23)24)28-32(30,31)14-8-26-19(27-9-14)18-16(7-25)15-6-13(21)4-5-17(15)29(18)10-12-2-3-12/h4-6,8-9,11-12,28H,2-3,10H2,1H3. The number of sulfonamides is 1. The van der Waals surface area contributed by atoms with E-state index in [0.29, 0.717) is 36.0 Å². The van der Waals surface area contributed by atoms with Crippen molar-refractivity contribution < 1.29 is 26.0 Å². The van der Waals surface area contributed by atoms with Gasteiger partial charge in [0.15, 0.2) is 5.82 Å². The molecule has 2 heterocycles. The zero-order valence-electron chi connectivity index (χ0n) is 16.7. The molecule has 1 aromatic carbocycles. The summed E-state index contributed by atoms with van der Waals surface area (Å²) in [6, 6.07) is 3.82. The van der Waals surface area contributed by atoms with Crippen LogP contribution in [0.5, 0.6) is 0 Å². The average molecular weight is 467 g/mol. The maximum Gasteiger partial charge on any atom is 0.404 e. The summed E-state index contributed by atoms with van der Waals surface area (Å²) in [7, 11) is -4.52. The van der Waals surface area contributed by atoms with Gasteiger partial charge in [-0.05, 0) is 43.9 Å². The number of hydrogen-bond acceptors (Lipinski definition) is 5. The maximum absolute atomic E-state index is 13.8. The number of benzene rings is 1. The zero-order valence-corrected chi connectivity index (χ0v) is 17.5. The fraction of sp³-hybridized carbons (Fsp3) is 0.350. The quantitative estimate of drug-likeness (QED) is 0.557. The lowest BCUT2D eigenvalue weighted by atomic mass is 10.1. The lowest BCUT2D eigenvalue weighted by molar-refractivity contribution is -0.147. The number of alkyl halides is 3. The molecule has 0 spiro atoms. The second kappa shape index (κ2) is 7.83. The molecule has 0 saturated heterocycles. The van der Waals surface area contributed by atoms with Gasteiger partial charge in [-0.3, -0.25) is 0 Å². The third-order valence-corrected chi connectivity index (χ3v) is 6.74. The van der Waals surface area contributed by atoms with Crippen molar-refractivity contribution in [3.05, 3.63) is 42.0 Å². The van der Waals surface area contributed by atoms with Crippen molar-refractivity contribution in [2.75, 3.05) is 0 Å². The molecule has 1 atom stereocenters. The fourth-order valence-corrected chi connectivity index (χ4v) is 4.48. The molecule has 1 aliphatic rings. The van der Waals surface area contributed by atoms with Crippen LogP contribution in [0.1, 0.15) is 25.3 Å². The molecule has 2 aromatic heterocycles. The molecule has 32 heavy (non-hydrogen) atoms. The number of hydrogen-bond donors (Lipinski definition) is 1. The third kappa shape index (κ3) is 4.18. The zero-order chi connectivity index (χ0) is 23.3. The molecule has 0 bridgehead atoms. The first-order valence-corrected chi connectivity index (χ1v) is 11.1. The van der Waals surface area contributed by atoms with Gasteiger partial charge in [-0.25, -0.2) is 22.8 Å². The van der Waals surface area contributed by atoms with Gasteiger partial charge < -0.3 is 4.57 Å².